The Kier molecular flexibility index (Phi) is 4.21. The summed E-state index contributed by atoms with van der Waals surface area (Å²) in [6.07, 6.45) is 2.46. The summed E-state index contributed by atoms with van der Waals surface area (Å²) in [5.41, 5.74) is 0.727. The van der Waals surface area contributed by atoms with Crippen molar-refractivity contribution in [2.45, 2.75) is 51.2 Å². The van der Waals surface area contributed by atoms with Gasteiger partial charge in [-0.25, -0.2) is 17.7 Å². The number of hydrogen-bond donors (Lipinski definition) is 0. The second-order valence-electron chi connectivity index (χ2n) is 11.4. The van der Waals surface area contributed by atoms with Gasteiger partial charge in [-0.3, -0.25) is 14.4 Å². The zero-order valence-corrected chi connectivity index (χ0v) is 20.9. The van der Waals surface area contributed by atoms with Gasteiger partial charge in [-0.05, 0) is 48.3 Å². The topological polar surface area (TPSA) is 94.8 Å². The Morgan fingerprint density at radius 1 is 0.944 bits per heavy atom. The van der Waals surface area contributed by atoms with E-state index in [2.05, 4.69) is 13.8 Å². The third-order valence-electron chi connectivity index (χ3n) is 9.81. The molecule has 2 saturated heterocycles. The Morgan fingerprint density at radius 3 is 2.17 bits per heavy atom. The first kappa shape index (κ1) is 22.2. The van der Waals surface area contributed by atoms with Gasteiger partial charge in [-0.1, -0.05) is 56.3 Å². The van der Waals surface area contributed by atoms with Gasteiger partial charge in [0.05, 0.1) is 29.0 Å². The quantitative estimate of drug-likeness (QED) is 0.470. The standard InChI is InChI=1S/C27H27N3O5S/c1-26(2)17-12-13-27(26)15-36(34,35)30(20(27)14-17)25(33)22-21(16-8-4-3-5-9-16)28(22)29-23(31)18-10-6-7-11-19(18)24(29)32/h3-11,17,20-22H,12-15H2,1-2H3/t17-,20-,21-,22+,27-,28?/m1/s1. The van der Waals surface area contributed by atoms with Crippen LogP contribution in [0.5, 0.6) is 0 Å². The predicted octanol–water partition coefficient (Wildman–Crippen LogP) is 2.99. The van der Waals surface area contributed by atoms with Gasteiger partial charge in [0.25, 0.3) is 17.7 Å². The Hall–Kier alpha value is -3.04. The molecule has 2 aromatic rings. The Bertz CT molecular complexity index is 1420. The molecule has 1 spiro atoms. The van der Waals surface area contributed by atoms with E-state index in [-0.39, 0.29) is 28.3 Å². The number of sulfonamides is 1. The summed E-state index contributed by atoms with van der Waals surface area (Å²) in [5, 5.41) is 2.51. The minimum Gasteiger partial charge on any atom is -0.272 e. The number of fused-ring (bicyclic) bond motifs is 2. The van der Waals surface area contributed by atoms with Crippen LogP contribution in [0.3, 0.4) is 0 Å². The SMILES string of the molecule is CC1(C)[C@@H]2CC[C@]13CS(=O)(=O)N(C(=O)[C@@H]1[C@@H](c4ccccc4)N1N1C(=O)c4ccccc4C1=O)[C@@H]3C2. The van der Waals surface area contributed by atoms with E-state index in [9.17, 15) is 22.8 Å². The van der Waals surface area contributed by atoms with Crippen LogP contribution in [0, 0.1) is 16.7 Å². The molecule has 3 heterocycles. The molecular weight excluding hydrogens is 478 g/mol. The summed E-state index contributed by atoms with van der Waals surface area (Å²) >= 11 is 0. The molecule has 2 bridgehead atoms. The van der Waals surface area contributed by atoms with E-state index in [1.165, 1.54) is 5.01 Å². The lowest BCUT2D eigenvalue weighted by molar-refractivity contribution is -0.130. The monoisotopic (exact) mass is 505 g/mol. The van der Waals surface area contributed by atoms with E-state index in [0.717, 1.165) is 27.7 Å². The minimum atomic E-state index is -3.83. The molecule has 0 radical (unpaired) electrons. The first-order valence-corrected chi connectivity index (χ1v) is 14.1. The van der Waals surface area contributed by atoms with Crippen LogP contribution in [0.2, 0.25) is 0 Å². The van der Waals surface area contributed by atoms with Crippen molar-refractivity contribution < 1.29 is 22.8 Å². The number of nitrogens with zero attached hydrogens (tertiary/aromatic N) is 3. The van der Waals surface area contributed by atoms with Gasteiger partial charge in [0, 0.05) is 5.41 Å². The molecule has 3 aliphatic heterocycles. The molecule has 6 atom stereocenters. The highest BCUT2D eigenvalue weighted by Crippen LogP contribution is 2.70. The number of carbonyl (C=O) groups is 3. The normalized spacial score (nSPS) is 36.8. The summed E-state index contributed by atoms with van der Waals surface area (Å²) in [6.45, 7) is 4.28. The molecule has 5 aliphatic rings. The molecule has 8 nitrogen and oxygen atoms in total. The molecule has 2 aliphatic carbocycles. The maximum Gasteiger partial charge on any atom is 0.276 e. The Balaban J connectivity index is 1.29. The van der Waals surface area contributed by atoms with Crippen molar-refractivity contribution in [2.24, 2.45) is 16.7 Å². The number of hydrazine groups is 1. The fraction of sp³-hybridized carbons (Fsp3) is 0.444. The average molecular weight is 506 g/mol. The average Bonchev–Trinajstić information content (AvgIpc) is 3.29. The van der Waals surface area contributed by atoms with Gasteiger partial charge < -0.3 is 0 Å². The summed E-state index contributed by atoms with van der Waals surface area (Å²) in [5.74, 6) is -1.16. The number of imide groups is 1. The molecule has 2 aromatic carbocycles. The second kappa shape index (κ2) is 6.83. The summed E-state index contributed by atoms with van der Waals surface area (Å²) in [6, 6.07) is 13.9. The number of rotatable bonds is 3. The molecule has 7 rings (SSSR count). The molecule has 0 aromatic heterocycles. The van der Waals surface area contributed by atoms with E-state index >= 15 is 0 Å². The maximum atomic E-state index is 14.1. The molecule has 0 N–H and O–H groups in total. The van der Waals surface area contributed by atoms with Crippen molar-refractivity contribution >= 4 is 27.7 Å². The van der Waals surface area contributed by atoms with Gasteiger partial charge in [0.2, 0.25) is 10.0 Å². The predicted molar refractivity (Wildman–Crippen MR) is 130 cm³/mol. The van der Waals surface area contributed by atoms with E-state index in [1.54, 1.807) is 24.3 Å². The van der Waals surface area contributed by atoms with Crippen LogP contribution in [-0.2, 0) is 14.8 Å². The van der Waals surface area contributed by atoms with E-state index < -0.39 is 45.2 Å². The van der Waals surface area contributed by atoms with E-state index in [4.69, 9.17) is 0 Å². The molecule has 2 saturated carbocycles. The third-order valence-corrected chi connectivity index (χ3v) is 11.7. The minimum absolute atomic E-state index is 0.0182. The molecule has 9 heteroatoms. The third kappa shape index (κ3) is 2.52. The molecule has 4 fully saturated rings. The summed E-state index contributed by atoms with van der Waals surface area (Å²) in [4.78, 5) is 40.7. The zero-order valence-electron chi connectivity index (χ0n) is 20.1. The number of amides is 3. The van der Waals surface area contributed by atoms with Crippen LogP contribution in [0.4, 0.5) is 0 Å². The van der Waals surface area contributed by atoms with E-state index in [0.29, 0.717) is 12.3 Å². The van der Waals surface area contributed by atoms with Crippen molar-refractivity contribution in [3.05, 3.63) is 71.3 Å². The largest absolute Gasteiger partial charge is 0.276 e. The first-order chi connectivity index (χ1) is 17.1. The number of hydrogen-bond acceptors (Lipinski definition) is 6. The van der Waals surface area contributed by atoms with Gasteiger partial charge >= 0.3 is 0 Å². The maximum absolute atomic E-state index is 14.1. The molecule has 186 valence electrons. The number of benzene rings is 2. The van der Waals surface area contributed by atoms with E-state index in [1.807, 2.05) is 30.3 Å². The molecule has 1 unspecified atom stereocenters. The summed E-state index contributed by atoms with van der Waals surface area (Å²) in [7, 11) is -3.83. The lowest BCUT2D eigenvalue weighted by atomic mass is 9.69. The van der Waals surface area contributed by atoms with Crippen molar-refractivity contribution in [1.29, 1.82) is 0 Å². The highest BCUT2D eigenvalue weighted by Gasteiger charge is 2.74. The van der Waals surface area contributed by atoms with Crippen LogP contribution in [-0.4, -0.2) is 58.3 Å². The lowest BCUT2D eigenvalue weighted by Crippen LogP contribution is -2.47. The molecular formula is C27H27N3O5S. The number of carbonyl (C=O) groups excluding carboxylic acids is 3. The highest BCUT2D eigenvalue weighted by molar-refractivity contribution is 7.90. The van der Waals surface area contributed by atoms with Gasteiger partial charge in [-0.15, -0.1) is 0 Å². The Labute approximate surface area is 209 Å². The molecule has 36 heavy (non-hydrogen) atoms. The van der Waals surface area contributed by atoms with Crippen molar-refractivity contribution in [2.75, 3.05) is 5.75 Å². The summed E-state index contributed by atoms with van der Waals surface area (Å²) < 4.78 is 28.2. The second-order valence-corrected chi connectivity index (χ2v) is 13.2. The van der Waals surface area contributed by atoms with Crippen LogP contribution >= 0.6 is 0 Å². The highest BCUT2D eigenvalue weighted by atomic mass is 32.2. The van der Waals surface area contributed by atoms with Crippen LogP contribution in [0.15, 0.2) is 54.6 Å². The van der Waals surface area contributed by atoms with Crippen LogP contribution in [0.25, 0.3) is 0 Å². The molecule has 3 amide bonds. The fourth-order valence-corrected chi connectivity index (χ4v) is 10.4. The van der Waals surface area contributed by atoms with Crippen molar-refractivity contribution in [1.82, 2.24) is 14.3 Å². The smallest absolute Gasteiger partial charge is 0.272 e. The van der Waals surface area contributed by atoms with Gasteiger partial charge in [0.15, 0.2) is 0 Å². The van der Waals surface area contributed by atoms with Gasteiger partial charge in [-0.2, -0.15) is 5.01 Å². The van der Waals surface area contributed by atoms with Crippen LogP contribution in [0.1, 0.15) is 65.4 Å². The first-order valence-electron chi connectivity index (χ1n) is 12.5. The van der Waals surface area contributed by atoms with Gasteiger partial charge in [0.1, 0.15) is 6.04 Å². The zero-order chi connectivity index (χ0) is 25.2. The lowest BCUT2D eigenvalue weighted by Gasteiger charge is -2.37. The van der Waals surface area contributed by atoms with Crippen LogP contribution < -0.4 is 0 Å². The van der Waals surface area contributed by atoms with Crippen molar-refractivity contribution in [3.63, 3.8) is 0 Å². The Morgan fingerprint density at radius 2 is 1.56 bits per heavy atom. The van der Waals surface area contributed by atoms with Crippen molar-refractivity contribution in [3.8, 4) is 0 Å². The fourth-order valence-electron chi connectivity index (χ4n) is 7.80.